The number of nitrogens with one attached hydrogen (secondary N) is 1. The molecule has 3 rings (SSSR count). The lowest BCUT2D eigenvalue weighted by molar-refractivity contribution is -0.128. The standard InChI is InChI=1S/C21H32N2O2/c1-16-7-6-14-23(15-16)20(17-10-12-19(25-2)13-11-17)21(24)22-18-8-4-3-5-9-18/h10-13,16,18,20H,3-9,14-15H2,1-2H3,(H,22,24). The van der Waals surface area contributed by atoms with Gasteiger partial charge in [0.2, 0.25) is 5.91 Å². The molecule has 2 unspecified atom stereocenters. The van der Waals surface area contributed by atoms with Gasteiger partial charge in [-0.15, -0.1) is 0 Å². The Morgan fingerprint density at radius 2 is 1.84 bits per heavy atom. The Balaban J connectivity index is 1.78. The molecule has 1 aromatic rings. The second-order valence-corrected chi connectivity index (χ2v) is 7.76. The molecule has 0 bridgehead atoms. The van der Waals surface area contributed by atoms with E-state index in [9.17, 15) is 4.79 Å². The molecule has 0 aromatic heterocycles. The number of piperidine rings is 1. The number of hydrogen-bond acceptors (Lipinski definition) is 3. The van der Waals surface area contributed by atoms with E-state index >= 15 is 0 Å². The summed E-state index contributed by atoms with van der Waals surface area (Å²) < 4.78 is 5.28. The van der Waals surface area contributed by atoms with Crippen LogP contribution >= 0.6 is 0 Å². The predicted molar refractivity (Wildman–Crippen MR) is 101 cm³/mol. The van der Waals surface area contributed by atoms with E-state index in [4.69, 9.17) is 4.74 Å². The molecule has 2 aliphatic rings. The summed E-state index contributed by atoms with van der Waals surface area (Å²) in [7, 11) is 1.68. The second-order valence-electron chi connectivity index (χ2n) is 7.76. The van der Waals surface area contributed by atoms with Crippen LogP contribution in [0.5, 0.6) is 5.75 Å². The van der Waals surface area contributed by atoms with Crippen LogP contribution in [0.25, 0.3) is 0 Å². The minimum atomic E-state index is -0.185. The number of amides is 1. The fourth-order valence-electron chi connectivity index (χ4n) is 4.30. The van der Waals surface area contributed by atoms with Gasteiger partial charge in [-0.3, -0.25) is 9.69 Å². The third kappa shape index (κ3) is 4.75. The average molecular weight is 344 g/mol. The largest absolute Gasteiger partial charge is 0.497 e. The highest BCUT2D eigenvalue weighted by Gasteiger charge is 2.32. The monoisotopic (exact) mass is 344 g/mol. The summed E-state index contributed by atoms with van der Waals surface area (Å²) in [6, 6.07) is 8.18. The van der Waals surface area contributed by atoms with E-state index in [2.05, 4.69) is 17.1 Å². The number of ether oxygens (including phenoxy) is 1. The normalized spacial score (nSPS) is 23.8. The van der Waals surface area contributed by atoms with Crippen molar-refractivity contribution in [2.75, 3.05) is 20.2 Å². The van der Waals surface area contributed by atoms with Crippen LogP contribution in [0.1, 0.15) is 63.5 Å². The van der Waals surface area contributed by atoms with Crippen LogP contribution in [0.2, 0.25) is 0 Å². The summed E-state index contributed by atoms with van der Waals surface area (Å²) in [6.07, 6.45) is 8.45. The van der Waals surface area contributed by atoms with Gasteiger partial charge in [-0.25, -0.2) is 0 Å². The smallest absolute Gasteiger partial charge is 0.242 e. The van der Waals surface area contributed by atoms with Crippen molar-refractivity contribution in [3.05, 3.63) is 29.8 Å². The van der Waals surface area contributed by atoms with E-state index in [1.54, 1.807) is 7.11 Å². The fourth-order valence-corrected chi connectivity index (χ4v) is 4.30. The number of rotatable bonds is 5. The Morgan fingerprint density at radius 1 is 1.12 bits per heavy atom. The maximum absolute atomic E-state index is 13.2. The van der Waals surface area contributed by atoms with Crippen molar-refractivity contribution in [1.29, 1.82) is 0 Å². The molecular weight excluding hydrogens is 312 g/mol. The van der Waals surface area contributed by atoms with E-state index in [0.717, 1.165) is 37.2 Å². The summed E-state index contributed by atoms with van der Waals surface area (Å²) in [5.74, 6) is 1.66. The van der Waals surface area contributed by atoms with Crippen molar-refractivity contribution in [2.45, 2.75) is 64.0 Å². The maximum atomic E-state index is 13.2. The number of likely N-dealkylation sites (tertiary alicyclic amines) is 1. The van der Waals surface area contributed by atoms with E-state index in [1.165, 1.54) is 32.1 Å². The molecule has 25 heavy (non-hydrogen) atoms. The first kappa shape index (κ1) is 18.2. The van der Waals surface area contributed by atoms with Crippen LogP contribution in [-0.4, -0.2) is 37.0 Å². The summed E-state index contributed by atoms with van der Waals surface area (Å²) in [6.45, 7) is 4.28. The van der Waals surface area contributed by atoms with Crippen molar-refractivity contribution >= 4 is 5.91 Å². The first-order chi connectivity index (χ1) is 12.2. The minimum absolute atomic E-state index is 0.172. The van der Waals surface area contributed by atoms with Gasteiger partial charge in [0.05, 0.1) is 7.11 Å². The van der Waals surface area contributed by atoms with Gasteiger partial charge in [-0.1, -0.05) is 38.3 Å². The number of carbonyl (C=O) groups is 1. The Kier molecular flexibility index (Phi) is 6.35. The lowest BCUT2D eigenvalue weighted by atomic mass is 9.93. The van der Waals surface area contributed by atoms with Crippen LogP contribution in [0, 0.1) is 5.92 Å². The topological polar surface area (TPSA) is 41.6 Å². The van der Waals surface area contributed by atoms with Gasteiger partial charge in [0.1, 0.15) is 11.8 Å². The van der Waals surface area contributed by atoms with Gasteiger partial charge in [-0.2, -0.15) is 0 Å². The van der Waals surface area contributed by atoms with Gasteiger partial charge < -0.3 is 10.1 Å². The molecule has 1 N–H and O–H groups in total. The Labute approximate surface area is 151 Å². The molecule has 138 valence electrons. The summed E-state index contributed by atoms with van der Waals surface area (Å²) in [5, 5.41) is 3.35. The van der Waals surface area contributed by atoms with Gasteiger partial charge >= 0.3 is 0 Å². The molecular formula is C21H32N2O2. The summed E-state index contributed by atoms with van der Waals surface area (Å²) >= 11 is 0. The van der Waals surface area contributed by atoms with Crippen LogP contribution < -0.4 is 10.1 Å². The molecule has 4 nitrogen and oxygen atoms in total. The molecule has 1 aliphatic heterocycles. The molecule has 1 aromatic carbocycles. The molecule has 1 saturated carbocycles. The molecule has 0 radical (unpaired) electrons. The average Bonchev–Trinajstić information content (AvgIpc) is 2.63. The molecule has 1 aliphatic carbocycles. The van der Waals surface area contributed by atoms with Crippen molar-refractivity contribution < 1.29 is 9.53 Å². The molecule has 1 heterocycles. The predicted octanol–water partition coefficient (Wildman–Crippen LogP) is 3.92. The zero-order valence-electron chi connectivity index (χ0n) is 15.7. The highest BCUT2D eigenvalue weighted by atomic mass is 16.5. The molecule has 2 atom stereocenters. The number of benzene rings is 1. The lowest BCUT2D eigenvalue weighted by Gasteiger charge is -2.37. The fraction of sp³-hybridized carbons (Fsp3) is 0.667. The van der Waals surface area contributed by atoms with E-state index < -0.39 is 0 Å². The Hall–Kier alpha value is -1.55. The highest BCUT2D eigenvalue weighted by Crippen LogP contribution is 2.29. The molecule has 1 amide bonds. The zero-order chi connectivity index (χ0) is 17.6. The van der Waals surface area contributed by atoms with E-state index in [1.807, 2.05) is 24.3 Å². The van der Waals surface area contributed by atoms with Crippen molar-refractivity contribution in [3.63, 3.8) is 0 Å². The van der Waals surface area contributed by atoms with Crippen molar-refractivity contribution in [1.82, 2.24) is 10.2 Å². The number of carbonyl (C=O) groups excluding carboxylic acids is 1. The number of hydrogen-bond donors (Lipinski definition) is 1. The summed E-state index contributed by atoms with van der Waals surface area (Å²) in [5.41, 5.74) is 1.07. The van der Waals surface area contributed by atoms with Gasteiger partial charge in [-0.05, 0) is 55.8 Å². The van der Waals surface area contributed by atoms with Gasteiger partial charge in [0, 0.05) is 12.6 Å². The quantitative estimate of drug-likeness (QED) is 0.880. The van der Waals surface area contributed by atoms with Crippen LogP contribution in [0.4, 0.5) is 0 Å². The van der Waals surface area contributed by atoms with Crippen molar-refractivity contribution in [3.8, 4) is 5.75 Å². The van der Waals surface area contributed by atoms with Crippen LogP contribution in [0.3, 0.4) is 0 Å². The molecule has 4 heteroatoms. The molecule has 2 fully saturated rings. The van der Waals surface area contributed by atoms with Crippen molar-refractivity contribution in [2.24, 2.45) is 5.92 Å². The number of methoxy groups -OCH3 is 1. The summed E-state index contributed by atoms with van der Waals surface area (Å²) in [4.78, 5) is 15.6. The first-order valence-electron chi connectivity index (χ1n) is 9.85. The zero-order valence-corrected chi connectivity index (χ0v) is 15.7. The Morgan fingerprint density at radius 3 is 2.48 bits per heavy atom. The third-order valence-corrected chi connectivity index (χ3v) is 5.69. The Bertz CT molecular complexity index is 552. The lowest BCUT2D eigenvalue weighted by Crippen LogP contribution is -2.47. The minimum Gasteiger partial charge on any atom is -0.497 e. The van der Waals surface area contributed by atoms with E-state index in [0.29, 0.717) is 12.0 Å². The van der Waals surface area contributed by atoms with E-state index in [-0.39, 0.29) is 11.9 Å². The number of nitrogens with zero attached hydrogens (tertiary/aromatic N) is 1. The van der Waals surface area contributed by atoms with Crippen LogP contribution in [0.15, 0.2) is 24.3 Å². The SMILES string of the molecule is COc1ccc(C(C(=O)NC2CCCCC2)N2CCCC(C)C2)cc1. The maximum Gasteiger partial charge on any atom is 0.242 e. The third-order valence-electron chi connectivity index (χ3n) is 5.69. The van der Waals surface area contributed by atoms with Gasteiger partial charge in [0.25, 0.3) is 0 Å². The second kappa shape index (κ2) is 8.70. The molecule has 1 saturated heterocycles. The highest BCUT2D eigenvalue weighted by molar-refractivity contribution is 5.83. The van der Waals surface area contributed by atoms with Crippen LogP contribution in [-0.2, 0) is 4.79 Å². The first-order valence-corrected chi connectivity index (χ1v) is 9.85. The van der Waals surface area contributed by atoms with Gasteiger partial charge in [0.15, 0.2) is 0 Å². The molecule has 0 spiro atoms.